The molecule has 5 heteroatoms. The number of allylic oxidation sites excluding steroid dienone is 6. The summed E-state index contributed by atoms with van der Waals surface area (Å²) in [6, 6.07) is 0. The summed E-state index contributed by atoms with van der Waals surface area (Å²) in [5.74, 6) is -0.743. The second-order valence-corrected chi connectivity index (χ2v) is 7.49. The Hall–Kier alpha value is -2.17. The highest BCUT2D eigenvalue weighted by molar-refractivity contribution is 5.66. The highest BCUT2D eigenvalue weighted by Gasteiger charge is 2.01. The first-order valence-electron chi connectivity index (χ1n) is 9.92. The minimum Gasteiger partial charge on any atom is -0.481 e. The Morgan fingerprint density at radius 2 is 1.67 bits per heavy atom. The van der Waals surface area contributed by atoms with E-state index in [-0.39, 0.29) is 6.42 Å². The van der Waals surface area contributed by atoms with Crippen LogP contribution >= 0.6 is 0 Å². The predicted molar refractivity (Wildman–Crippen MR) is 111 cm³/mol. The standard InChI is InChI=1S/C22H35N3O2/c1-18(2)9-7-10-19(3)11-8-12-20(4)14-15-21-17-25(24-23-21)16-6-5-13-22(26)27/h9,11,14,17H,5-8,10,12-13,15-16H2,1-4H3,(H,26,27)/b19-11+,20-14+. The summed E-state index contributed by atoms with van der Waals surface area (Å²) in [7, 11) is 0. The number of hydrogen-bond acceptors (Lipinski definition) is 3. The fraction of sp³-hybridized carbons (Fsp3) is 0.591. The van der Waals surface area contributed by atoms with Crippen molar-refractivity contribution in [3.63, 3.8) is 0 Å². The normalized spacial score (nSPS) is 12.3. The fourth-order valence-electron chi connectivity index (χ4n) is 2.71. The van der Waals surface area contributed by atoms with Gasteiger partial charge in [0.15, 0.2) is 0 Å². The average molecular weight is 374 g/mol. The van der Waals surface area contributed by atoms with E-state index in [9.17, 15) is 4.79 Å². The maximum absolute atomic E-state index is 10.5. The van der Waals surface area contributed by atoms with Gasteiger partial charge < -0.3 is 5.11 Å². The Labute approximate surface area is 163 Å². The molecule has 0 radical (unpaired) electrons. The van der Waals surface area contributed by atoms with Crippen molar-refractivity contribution in [2.45, 2.75) is 85.6 Å². The molecule has 1 N–H and O–H groups in total. The third-order valence-corrected chi connectivity index (χ3v) is 4.40. The highest BCUT2D eigenvalue weighted by atomic mass is 16.4. The number of rotatable bonds is 13. The molecule has 0 spiro atoms. The van der Waals surface area contributed by atoms with Gasteiger partial charge in [-0.3, -0.25) is 9.48 Å². The number of aliphatic carboxylic acids is 1. The van der Waals surface area contributed by atoms with E-state index in [1.54, 1.807) is 4.68 Å². The maximum atomic E-state index is 10.5. The van der Waals surface area contributed by atoms with Gasteiger partial charge >= 0.3 is 5.97 Å². The molecule has 0 aliphatic rings. The number of unbranched alkanes of at least 4 members (excludes halogenated alkanes) is 1. The van der Waals surface area contributed by atoms with Crippen LogP contribution in [0.3, 0.4) is 0 Å². The lowest BCUT2D eigenvalue weighted by Crippen LogP contribution is -2.00. The van der Waals surface area contributed by atoms with E-state index >= 15 is 0 Å². The van der Waals surface area contributed by atoms with Crippen LogP contribution in [0.25, 0.3) is 0 Å². The zero-order chi connectivity index (χ0) is 20.1. The first-order chi connectivity index (χ1) is 12.9. The van der Waals surface area contributed by atoms with Crippen LogP contribution in [0.1, 0.15) is 78.3 Å². The molecule has 0 saturated carbocycles. The van der Waals surface area contributed by atoms with Crippen LogP contribution in [0.15, 0.2) is 41.1 Å². The number of aryl methyl sites for hydroxylation is 1. The third-order valence-electron chi connectivity index (χ3n) is 4.40. The molecule has 5 nitrogen and oxygen atoms in total. The van der Waals surface area contributed by atoms with Crippen LogP contribution < -0.4 is 0 Å². The van der Waals surface area contributed by atoms with E-state index in [0.717, 1.165) is 50.8 Å². The van der Waals surface area contributed by atoms with Crippen LogP contribution in [-0.2, 0) is 17.8 Å². The first-order valence-corrected chi connectivity index (χ1v) is 9.92. The molecule has 0 unspecified atom stereocenters. The number of carboxylic acids is 1. The summed E-state index contributed by atoms with van der Waals surface area (Å²) in [5.41, 5.74) is 5.19. The lowest BCUT2D eigenvalue weighted by molar-refractivity contribution is -0.137. The van der Waals surface area contributed by atoms with Gasteiger partial charge in [-0.2, -0.15) is 0 Å². The summed E-state index contributed by atoms with van der Waals surface area (Å²) in [5, 5.41) is 16.9. The van der Waals surface area contributed by atoms with E-state index in [1.165, 1.54) is 16.7 Å². The average Bonchev–Trinajstić information content (AvgIpc) is 3.04. The van der Waals surface area contributed by atoms with Crippen molar-refractivity contribution in [3.05, 3.63) is 46.8 Å². The molecule has 1 heterocycles. The molecule has 150 valence electrons. The molecular weight excluding hydrogens is 338 g/mol. The summed E-state index contributed by atoms with van der Waals surface area (Å²) in [4.78, 5) is 10.5. The van der Waals surface area contributed by atoms with Crippen LogP contribution in [0.5, 0.6) is 0 Å². The smallest absolute Gasteiger partial charge is 0.303 e. The molecular formula is C22H35N3O2. The zero-order valence-corrected chi connectivity index (χ0v) is 17.4. The van der Waals surface area contributed by atoms with Gasteiger partial charge in [-0.05, 0) is 66.2 Å². The Kier molecular flexibility index (Phi) is 11.1. The van der Waals surface area contributed by atoms with Crippen LogP contribution in [0.4, 0.5) is 0 Å². The van der Waals surface area contributed by atoms with Crippen molar-refractivity contribution >= 4 is 5.97 Å². The summed E-state index contributed by atoms with van der Waals surface area (Å²) < 4.78 is 1.80. The molecule has 0 fully saturated rings. The molecule has 1 rings (SSSR count). The lowest BCUT2D eigenvalue weighted by Gasteiger charge is -2.01. The summed E-state index contributed by atoms with van der Waals surface area (Å²) in [6.45, 7) is 9.39. The van der Waals surface area contributed by atoms with E-state index in [4.69, 9.17) is 5.11 Å². The fourth-order valence-corrected chi connectivity index (χ4v) is 2.71. The number of nitrogens with zero attached hydrogens (tertiary/aromatic N) is 3. The third kappa shape index (κ3) is 11.9. The molecule has 0 atom stereocenters. The van der Waals surface area contributed by atoms with Crippen molar-refractivity contribution in [2.75, 3.05) is 0 Å². The van der Waals surface area contributed by atoms with Crippen molar-refractivity contribution in [2.24, 2.45) is 0 Å². The van der Waals surface area contributed by atoms with Gasteiger partial charge in [0.1, 0.15) is 0 Å². The molecule has 0 amide bonds. The minimum absolute atomic E-state index is 0.215. The van der Waals surface area contributed by atoms with Crippen molar-refractivity contribution in [1.82, 2.24) is 15.0 Å². The quantitative estimate of drug-likeness (QED) is 0.366. The Morgan fingerprint density at radius 3 is 2.33 bits per heavy atom. The Morgan fingerprint density at radius 1 is 1.00 bits per heavy atom. The van der Waals surface area contributed by atoms with Crippen molar-refractivity contribution < 1.29 is 9.90 Å². The number of carboxylic acid groups (broad SMARTS) is 1. The molecule has 0 bridgehead atoms. The Bertz CT molecular complexity index is 665. The van der Waals surface area contributed by atoms with Gasteiger partial charge in [0.2, 0.25) is 0 Å². The Balaban J connectivity index is 2.29. The van der Waals surface area contributed by atoms with Gasteiger partial charge in [-0.1, -0.05) is 40.2 Å². The van der Waals surface area contributed by atoms with E-state index < -0.39 is 5.97 Å². The summed E-state index contributed by atoms with van der Waals surface area (Å²) >= 11 is 0. The zero-order valence-electron chi connectivity index (χ0n) is 17.4. The van der Waals surface area contributed by atoms with Crippen LogP contribution in [0, 0.1) is 0 Å². The molecule has 27 heavy (non-hydrogen) atoms. The molecule has 0 aromatic carbocycles. The van der Waals surface area contributed by atoms with E-state index in [2.05, 4.69) is 56.2 Å². The van der Waals surface area contributed by atoms with Gasteiger partial charge in [0.25, 0.3) is 0 Å². The number of aromatic nitrogens is 3. The van der Waals surface area contributed by atoms with E-state index in [1.807, 2.05) is 6.20 Å². The van der Waals surface area contributed by atoms with Gasteiger partial charge in [-0.25, -0.2) is 0 Å². The highest BCUT2D eigenvalue weighted by Crippen LogP contribution is 2.12. The van der Waals surface area contributed by atoms with Crippen LogP contribution in [-0.4, -0.2) is 26.1 Å². The molecule has 1 aromatic heterocycles. The van der Waals surface area contributed by atoms with Crippen molar-refractivity contribution in [3.8, 4) is 0 Å². The number of carbonyl (C=O) groups is 1. The minimum atomic E-state index is -0.743. The van der Waals surface area contributed by atoms with Gasteiger partial charge in [0, 0.05) is 25.6 Å². The summed E-state index contributed by atoms with van der Waals surface area (Å²) in [6.07, 6.45) is 15.7. The molecule has 0 aliphatic heterocycles. The van der Waals surface area contributed by atoms with Crippen molar-refractivity contribution in [1.29, 1.82) is 0 Å². The second-order valence-electron chi connectivity index (χ2n) is 7.49. The van der Waals surface area contributed by atoms with Gasteiger partial charge in [-0.15, -0.1) is 5.10 Å². The monoisotopic (exact) mass is 373 g/mol. The van der Waals surface area contributed by atoms with Crippen LogP contribution in [0.2, 0.25) is 0 Å². The first kappa shape index (κ1) is 22.9. The van der Waals surface area contributed by atoms with Gasteiger partial charge in [0.05, 0.1) is 5.69 Å². The lowest BCUT2D eigenvalue weighted by atomic mass is 10.1. The molecule has 0 aliphatic carbocycles. The van der Waals surface area contributed by atoms with E-state index in [0.29, 0.717) is 6.42 Å². The maximum Gasteiger partial charge on any atom is 0.303 e. The topological polar surface area (TPSA) is 68.0 Å². The number of hydrogen-bond donors (Lipinski definition) is 1. The largest absolute Gasteiger partial charge is 0.481 e. The second kappa shape index (κ2) is 13.1. The molecule has 0 saturated heterocycles. The predicted octanol–water partition coefficient (Wildman–Crippen LogP) is 5.49. The SMILES string of the molecule is CC(C)=CCC/C(C)=C/CC/C(C)=C/Cc1cn(CCCCC(=O)O)nn1. The molecule has 1 aromatic rings.